The summed E-state index contributed by atoms with van der Waals surface area (Å²) in [5, 5.41) is 22.2. The minimum atomic E-state index is -0.615. The van der Waals surface area contributed by atoms with Crippen LogP contribution in [0.2, 0.25) is 0 Å². The summed E-state index contributed by atoms with van der Waals surface area (Å²) >= 11 is 7.26. The van der Waals surface area contributed by atoms with E-state index in [4.69, 9.17) is 0 Å². The molecule has 2 heterocycles. The first-order valence-electron chi connectivity index (χ1n) is 10.7. The minimum absolute atomic E-state index is 0.159. The maximum Gasteiger partial charge on any atom is 0.150 e. The fourth-order valence-corrected chi connectivity index (χ4v) is 10.9. The second-order valence-electron chi connectivity index (χ2n) is 9.06. The number of aliphatic hydroxyl groups excluding tert-OH is 2. The van der Waals surface area contributed by atoms with Gasteiger partial charge in [0.2, 0.25) is 0 Å². The number of aliphatic hydroxyl groups is 2. The maximum absolute atomic E-state index is 11.1. The van der Waals surface area contributed by atoms with E-state index in [9.17, 15) is 19.8 Å². The van der Waals surface area contributed by atoms with Crippen molar-refractivity contribution in [3.63, 3.8) is 0 Å². The van der Waals surface area contributed by atoms with E-state index in [2.05, 4.69) is 13.8 Å². The van der Waals surface area contributed by atoms with Crippen LogP contribution in [0.5, 0.6) is 0 Å². The lowest BCUT2D eigenvalue weighted by atomic mass is 9.98. The number of aldehydes is 2. The topological polar surface area (TPSA) is 74.6 Å². The standard InChI is InChI=1S/C25H28O4S4/c1-23(21(28)19-7-3-17(11-26)4-8-19)30-13-25(14-31-23)15-32-24(2,33-16-25)22(29)20-9-5-18(12-27)6-10-20/h3-12,21-22,28-29H,13-16H2,1-2H3. The monoisotopic (exact) mass is 520 g/mol. The predicted molar refractivity (Wildman–Crippen MR) is 143 cm³/mol. The normalized spacial score (nSPS) is 31.6. The Labute approximate surface area is 212 Å². The van der Waals surface area contributed by atoms with E-state index in [-0.39, 0.29) is 13.6 Å². The molecule has 176 valence electrons. The molecule has 2 unspecified atom stereocenters. The molecule has 2 aromatic carbocycles. The van der Waals surface area contributed by atoms with Gasteiger partial charge in [-0.05, 0) is 25.0 Å². The van der Waals surface area contributed by atoms with Gasteiger partial charge >= 0.3 is 0 Å². The molecular formula is C25H28O4S4. The highest BCUT2D eigenvalue weighted by Gasteiger charge is 2.50. The van der Waals surface area contributed by atoms with Gasteiger partial charge in [0.05, 0.1) is 8.16 Å². The molecule has 0 amide bonds. The average Bonchev–Trinajstić information content (AvgIpc) is 2.87. The van der Waals surface area contributed by atoms with Crippen LogP contribution < -0.4 is 0 Å². The molecule has 1 spiro atoms. The Morgan fingerprint density at radius 1 is 0.667 bits per heavy atom. The van der Waals surface area contributed by atoms with E-state index in [1.807, 2.05) is 71.3 Å². The summed E-state index contributed by atoms with van der Waals surface area (Å²) in [7, 11) is 0. The predicted octanol–water partition coefficient (Wildman–Crippen LogP) is 5.46. The molecule has 2 N–H and O–H groups in total. The molecule has 2 aliphatic rings. The van der Waals surface area contributed by atoms with Crippen LogP contribution in [0.25, 0.3) is 0 Å². The molecule has 4 nitrogen and oxygen atoms in total. The van der Waals surface area contributed by atoms with E-state index in [0.29, 0.717) is 11.1 Å². The van der Waals surface area contributed by atoms with E-state index in [0.717, 1.165) is 46.7 Å². The van der Waals surface area contributed by atoms with Gasteiger partial charge in [0.1, 0.15) is 24.8 Å². The van der Waals surface area contributed by atoms with Crippen molar-refractivity contribution in [3.05, 3.63) is 70.8 Å². The third-order valence-corrected chi connectivity index (χ3v) is 14.1. The van der Waals surface area contributed by atoms with Crippen molar-refractivity contribution in [1.82, 2.24) is 0 Å². The Balaban J connectivity index is 1.38. The fraction of sp³-hybridized carbons (Fsp3) is 0.440. The van der Waals surface area contributed by atoms with Crippen LogP contribution in [0, 0.1) is 5.41 Å². The smallest absolute Gasteiger partial charge is 0.150 e. The second-order valence-corrected chi connectivity index (χ2v) is 15.3. The number of carbonyl (C=O) groups excluding carboxylic acids is 2. The van der Waals surface area contributed by atoms with Crippen LogP contribution >= 0.6 is 47.0 Å². The molecule has 2 atom stereocenters. The molecule has 0 radical (unpaired) electrons. The van der Waals surface area contributed by atoms with Crippen molar-refractivity contribution >= 4 is 59.6 Å². The highest BCUT2D eigenvalue weighted by molar-refractivity contribution is 8.20. The molecule has 4 rings (SSSR count). The van der Waals surface area contributed by atoms with Crippen molar-refractivity contribution in [1.29, 1.82) is 0 Å². The maximum atomic E-state index is 11.1. The van der Waals surface area contributed by atoms with Crippen LogP contribution in [-0.4, -0.2) is 54.0 Å². The lowest BCUT2D eigenvalue weighted by Gasteiger charge is -2.51. The third-order valence-electron chi connectivity index (χ3n) is 6.43. The number of benzene rings is 2. The van der Waals surface area contributed by atoms with Gasteiger partial charge in [-0.3, -0.25) is 9.59 Å². The first-order chi connectivity index (χ1) is 15.7. The van der Waals surface area contributed by atoms with Gasteiger partial charge < -0.3 is 10.2 Å². The minimum Gasteiger partial charge on any atom is -0.386 e. The summed E-state index contributed by atoms with van der Waals surface area (Å²) in [5.41, 5.74) is 3.05. The Morgan fingerprint density at radius 3 is 1.24 bits per heavy atom. The lowest BCUT2D eigenvalue weighted by Crippen LogP contribution is -2.47. The van der Waals surface area contributed by atoms with Crippen molar-refractivity contribution in [2.75, 3.05) is 23.0 Å². The Kier molecular flexibility index (Phi) is 7.63. The summed E-state index contributed by atoms with van der Waals surface area (Å²) in [5.74, 6) is 3.83. The highest BCUT2D eigenvalue weighted by Crippen LogP contribution is 2.61. The molecule has 2 aromatic rings. The molecule has 0 bridgehead atoms. The Bertz CT molecular complexity index is 891. The zero-order valence-electron chi connectivity index (χ0n) is 18.6. The molecule has 2 saturated heterocycles. The van der Waals surface area contributed by atoms with Crippen molar-refractivity contribution in [2.45, 2.75) is 34.2 Å². The van der Waals surface area contributed by atoms with Crippen molar-refractivity contribution in [2.24, 2.45) is 5.41 Å². The van der Waals surface area contributed by atoms with Crippen molar-refractivity contribution in [3.8, 4) is 0 Å². The van der Waals surface area contributed by atoms with Gasteiger partial charge in [0.15, 0.2) is 0 Å². The first kappa shape index (κ1) is 25.2. The summed E-state index contributed by atoms with van der Waals surface area (Å²) in [6.45, 7) is 4.21. The molecule has 2 fully saturated rings. The van der Waals surface area contributed by atoms with Gasteiger partial charge in [-0.1, -0.05) is 48.5 Å². The highest BCUT2D eigenvalue weighted by atomic mass is 32.2. The largest absolute Gasteiger partial charge is 0.386 e. The van der Waals surface area contributed by atoms with Gasteiger partial charge in [-0.15, -0.1) is 47.0 Å². The molecule has 8 heteroatoms. The fourth-order valence-electron chi connectivity index (χ4n) is 3.95. The molecule has 2 aliphatic heterocycles. The number of hydrogen-bond acceptors (Lipinski definition) is 8. The Hall–Kier alpha value is -0.900. The zero-order valence-corrected chi connectivity index (χ0v) is 21.9. The molecule has 0 aromatic heterocycles. The number of carbonyl (C=O) groups is 2. The van der Waals surface area contributed by atoms with E-state index in [1.54, 1.807) is 24.3 Å². The molecule has 0 saturated carbocycles. The van der Waals surface area contributed by atoms with Crippen LogP contribution in [0.1, 0.15) is 57.9 Å². The summed E-state index contributed by atoms with van der Waals surface area (Å²) in [6, 6.07) is 14.4. The van der Waals surface area contributed by atoms with Gasteiger partial charge in [0, 0.05) is 39.6 Å². The summed E-state index contributed by atoms with van der Waals surface area (Å²) in [6.07, 6.45) is 0.399. The number of thioether (sulfide) groups is 4. The van der Waals surface area contributed by atoms with E-state index in [1.165, 1.54) is 0 Å². The summed E-state index contributed by atoms with van der Waals surface area (Å²) in [4.78, 5) is 21.8. The van der Waals surface area contributed by atoms with Gasteiger partial charge in [0.25, 0.3) is 0 Å². The Morgan fingerprint density at radius 2 is 0.970 bits per heavy atom. The lowest BCUT2D eigenvalue weighted by molar-refractivity contribution is 0.111. The third kappa shape index (κ3) is 5.21. The molecule has 33 heavy (non-hydrogen) atoms. The van der Waals surface area contributed by atoms with Gasteiger partial charge in [-0.2, -0.15) is 0 Å². The van der Waals surface area contributed by atoms with E-state index >= 15 is 0 Å². The molecular weight excluding hydrogens is 493 g/mol. The van der Waals surface area contributed by atoms with E-state index < -0.39 is 12.2 Å². The van der Waals surface area contributed by atoms with Crippen LogP contribution in [0.3, 0.4) is 0 Å². The first-order valence-corrected chi connectivity index (χ1v) is 14.7. The van der Waals surface area contributed by atoms with Crippen LogP contribution in [0.4, 0.5) is 0 Å². The van der Waals surface area contributed by atoms with Crippen LogP contribution in [-0.2, 0) is 0 Å². The number of rotatable bonds is 6. The van der Waals surface area contributed by atoms with Crippen LogP contribution in [0.15, 0.2) is 48.5 Å². The summed E-state index contributed by atoms with van der Waals surface area (Å²) < 4.78 is -0.687. The average molecular weight is 521 g/mol. The SMILES string of the molecule is CC1(C(O)c2ccc(C=O)cc2)SCC2(CS1)CSC(C)(C(O)c1ccc(C=O)cc1)SC2. The number of hydrogen-bond donors (Lipinski definition) is 2. The van der Waals surface area contributed by atoms with Gasteiger partial charge in [-0.25, -0.2) is 0 Å². The zero-order chi connectivity index (χ0) is 23.7. The second kappa shape index (κ2) is 9.99. The van der Waals surface area contributed by atoms with Crippen molar-refractivity contribution < 1.29 is 19.8 Å². The molecule has 0 aliphatic carbocycles. The quantitative estimate of drug-likeness (QED) is 0.487.